The van der Waals surface area contributed by atoms with Crippen LogP contribution in [-0.4, -0.2) is 17.0 Å². The quantitative estimate of drug-likeness (QED) is 0.680. The van der Waals surface area contributed by atoms with E-state index in [1.54, 1.807) is 0 Å². The molecule has 1 aromatic carbocycles. The molecule has 2 unspecified atom stereocenters. The maximum Gasteiger partial charge on any atom is 0.410 e. The van der Waals surface area contributed by atoms with Crippen molar-refractivity contribution >= 4 is 6.09 Å². The van der Waals surface area contributed by atoms with Crippen LogP contribution in [0, 0.1) is 7.05 Å². The molecule has 3 heteroatoms. The number of hydrogen-bond donors (Lipinski definition) is 0. The van der Waals surface area contributed by atoms with Crippen molar-refractivity contribution in [1.82, 2.24) is 4.90 Å². The number of carbonyl (C=O) groups excluding carboxylic acids is 1. The lowest BCUT2D eigenvalue weighted by atomic mass is 10.0. The topological polar surface area (TPSA) is 29.5 Å². The van der Waals surface area contributed by atoms with Gasteiger partial charge >= 0.3 is 6.09 Å². The normalized spacial score (nSPS) is 26.4. The molecular formula is C11H12NO2. The maximum atomic E-state index is 11.2. The number of cyclic esters (lactones) is 1. The predicted octanol–water partition coefficient (Wildman–Crippen LogP) is 2.36. The van der Waals surface area contributed by atoms with Crippen LogP contribution in [0.4, 0.5) is 4.79 Å². The van der Waals surface area contributed by atoms with Crippen LogP contribution < -0.4 is 0 Å². The molecule has 2 atom stereocenters. The van der Waals surface area contributed by atoms with Crippen LogP contribution in [0.1, 0.15) is 18.6 Å². The van der Waals surface area contributed by atoms with E-state index >= 15 is 0 Å². The molecule has 3 nitrogen and oxygen atoms in total. The van der Waals surface area contributed by atoms with Gasteiger partial charge in [0.1, 0.15) is 6.10 Å². The van der Waals surface area contributed by atoms with E-state index in [2.05, 4.69) is 7.05 Å². The lowest BCUT2D eigenvalue weighted by molar-refractivity contribution is 0.132. The molecule has 1 fully saturated rings. The molecule has 73 valence electrons. The Morgan fingerprint density at radius 3 is 2.50 bits per heavy atom. The third-order valence-corrected chi connectivity index (χ3v) is 2.52. The molecule has 1 aliphatic heterocycles. The highest BCUT2D eigenvalue weighted by Gasteiger charge is 2.36. The van der Waals surface area contributed by atoms with E-state index in [4.69, 9.17) is 4.74 Å². The number of amides is 1. The van der Waals surface area contributed by atoms with Gasteiger partial charge in [-0.1, -0.05) is 30.3 Å². The molecule has 1 radical (unpaired) electrons. The predicted molar refractivity (Wildman–Crippen MR) is 52.3 cm³/mol. The van der Waals surface area contributed by atoms with Crippen molar-refractivity contribution in [2.24, 2.45) is 0 Å². The average Bonchev–Trinajstić information content (AvgIpc) is 2.47. The van der Waals surface area contributed by atoms with E-state index in [0.29, 0.717) is 0 Å². The molecule has 2 rings (SSSR count). The number of benzene rings is 1. The Bertz CT molecular complexity index is 336. The molecule has 1 aliphatic rings. The van der Waals surface area contributed by atoms with Gasteiger partial charge in [0.15, 0.2) is 0 Å². The van der Waals surface area contributed by atoms with E-state index in [1.165, 1.54) is 4.90 Å². The van der Waals surface area contributed by atoms with E-state index < -0.39 is 0 Å². The highest BCUT2D eigenvalue weighted by molar-refractivity contribution is 5.71. The van der Waals surface area contributed by atoms with Crippen molar-refractivity contribution in [3.05, 3.63) is 42.9 Å². The molecule has 0 saturated carbocycles. The second-order valence-corrected chi connectivity index (χ2v) is 3.43. The number of nitrogens with zero attached hydrogens (tertiary/aromatic N) is 1. The van der Waals surface area contributed by atoms with E-state index in [0.717, 1.165) is 5.56 Å². The van der Waals surface area contributed by atoms with Gasteiger partial charge in [-0.3, -0.25) is 4.90 Å². The Morgan fingerprint density at radius 1 is 1.36 bits per heavy atom. The van der Waals surface area contributed by atoms with Crippen LogP contribution in [0.2, 0.25) is 0 Å². The summed E-state index contributed by atoms with van der Waals surface area (Å²) in [6.07, 6.45) is -0.549. The van der Waals surface area contributed by atoms with Crippen molar-refractivity contribution in [2.75, 3.05) is 0 Å². The lowest BCUT2D eigenvalue weighted by Gasteiger charge is -2.16. The Kier molecular flexibility index (Phi) is 2.15. The highest BCUT2D eigenvalue weighted by Crippen LogP contribution is 2.31. The molecule has 0 N–H and O–H groups in total. The Hall–Kier alpha value is -1.51. The lowest BCUT2D eigenvalue weighted by Crippen LogP contribution is -2.25. The first-order valence-electron chi connectivity index (χ1n) is 4.55. The summed E-state index contributed by atoms with van der Waals surface area (Å²) >= 11 is 0. The van der Waals surface area contributed by atoms with Gasteiger partial charge in [-0.25, -0.2) is 4.79 Å². The molecule has 0 bridgehead atoms. The summed E-state index contributed by atoms with van der Waals surface area (Å²) in [7, 11) is 3.63. The van der Waals surface area contributed by atoms with Crippen LogP contribution >= 0.6 is 0 Å². The first-order valence-corrected chi connectivity index (χ1v) is 4.55. The average molecular weight is 190 g/mol. The Morgan fingerprint density at radius 2 is 2.00 bits per heavy atom. The van der Waals surface area contributed by atoms with Gasteiger partial charge in [-0.15, -0.1) is 0 Å². The molecule has 1 aromatic rings. The summed E-state index contributed by atoms with van der Waals surface area (Å²) in [4.78, 5) is 12.6. The largest absolute Gasteiger partial charge is 0.439 e. The molecule has 0 spiro atoms. The van der Waals surface area contributed by atoms with Crippen LogP contribution in [0.3, 0.4) is 0 Å². The Labute approximate surface area is 83.3 Å². The van der Waals surface area contributed by atoms with Crippen LogP contribution in [0.15, 0.2) is 30.3 Å². The van der Waals surface area contributed by atoms with Gasteiger partial charge in [0, 0.05) is 7.05 Å². The van der Waals surface area contributed by atoms with Crippen molar-refractivity contribution in [1.29, 1.82) is 0 Å². The molecule has 0 aromatic heterocycles. The smallest absolute Gasteiger partial charge is 0.410 e. The van der Waals surface area contributed by atoms with Crippen LogP contribution in [0.25, 0.3) is 0 Å². The summed E-state index contributed by atoms with van der Waals surface area (Å²) in [5, 5.41) is 0. The summed E-state index contributed by atoms with van der Waals surface area (Å²) in [5.74, 6) is 0. The monoisotopic (exact) mass is 190 g/mol. The van der Waals surface area contributed by atoms with E-state index in [1.807, 2.05) is 37.3 Å². The summed E-state index contributed by atoms with van der Waals surface area (Å²) in [6, 6.07) is 9.70. The van der Waals surface area contributed by atoms with Gasteiger partial charge in [-0.2, -0.15) is 0 Å². The van der Waals surface area contributed by atoms with Crippen molar-refractivity contribution in [3.63, 3.8) is 0 Å². The van der Waals surface area contributed by atoms with Crippen LogP contribution in [0.5, 0.6) is 0 Å². The minimum Gasteiger partial charge on any atom is -0.439 e. The Balaban J connectivity index is 2.26. The minimum atomic E-state index is -0.355. The second-order valence-electron chi connectivity index (χ2n) is 3.43. The van der Waals surface area contributed by atoms with Crippen molar-refractivity contribution < 1.29 is 9.53 Å². The van der Waals surface area contributed by atoms with Crippen LogP contribution in [-0.2, 0) is 4.74 Å². The van der Waals surface area contributed by atoms with Gasteiger partial charge < -0.3 is 4.74 Å². The summed E-state index contributed by atoms with van der Waals surface area (Å²) in [5.41, 5.74) is 1.01. The first kappa shape index (κ1) is 9.06. The zero-order valence-corrected chi connectivity index (χ0v) is 8.01. The molecule has 0 aliphatic carbocycles. The van der Waals surface area contributed by atoms with Gasteiger partial charge in [0.05, 0.1) is 6.04 Å². The van der Waals surface area contributed by atoms with E-state index in [-0.39, 0.29) is 18.2 Å². The number of ether oxygens (including phenoxy) is 1. The molecular weight excluding hydrogens is 178 g/mol. The maximum absolute atomic E-state index is 11.2. The molecule has 1 amide bonds. The zero-order chi connectivity index (χ0) is 10.1. The van der Waals surface area contributed by atoms with Gasteiger partial charge in [0.2, 0.25) is 0 Å². The number of hydrogen-bond acceptors (Lipinski definition) is 2. The third kappa shape index (κ3) is 1.35. The molecule has 14 heavy (non-hydrogen) atoms. The van der Waals surface area contributed by atoms with Crippen molar-refractivity contribution in [3.8, 4) is 0 Å². The molecule has 1 heterocycles. The van der Waals surface area contributed by atoms with E-state index in [9.17, 15) is 4.79 Å². The third-order valence-electron chi connectivity index (χ3n) is 2.52. The minimum absolute atomic E-state index is 0.00935. The standard InChI is InChI=1S/C11H12NO2/c1-8-10(14-11(13)12(8)2)9-6-4-3-5-7-9/h3-8,10H,2H2,1H3. The highest BCUT2D eigenvalue weighted by atomic mass is 16.6. The van der Waals surface area contributed by atoms with Gasteiger partial charge in [-0.05, 0) is 12.5 Å². The first-order chi connectivity index (χ1) is 6.70. The zero-order valence-electron chi connectivity index (χ0n) is 8.01. The van der Waals surface area contributed by atoms with Crippen molar-refractivity contribution in [2.45, 2.75) is 19.1 Å². The summed E-state index contributed by atoms with van der Waals surface area (Å²) < 4.78 is 5.20. The number of rotatable bonds is 1. The fourth-order valence-electron chi connectivity index (χ4n) is 1.59. The second kappa shape index (κ2) is 3.33. The SMILES string of the molecule is [CH2]N1C(=O)OC(c2ccccc2)C1C. The number of carbonyl (C=O) groups is 1. The fraction of sp³-hybridized carbons (Fsp3) is 0.273. The van der Waals surface area contributed by atoms with Gasteiger partial charge in [0.25, 0.3) is 0 Å². The summed E-state index contributed by atoms with van der Waals surface area (Å²) in [6.45, 7) is 1.93. The molecule has 1 saturated heterocycles. The fourth-order valence-corrected chi connectivity index (χ4v) is 1.59.